The number of alkyl halides is 1. The summed E-state index contributed by atoms with van der Waals surface area (Å²) in [6, 6.07) is 0.394. The normalized spacial score (nSPS) is 37.8. The van der Waals surface area contributed by atoms with Crippen molar-refractivity contribution in [3.05, 3.63) is 0 Å². The van der Waals surface area contributed by atoms with Crippen molar-refractivity contribution < 1.29 is 0 Å². The van der Waals surface area contributed by atoms with Gasteiger partial charge in [0.2, 0.25) is 0 Å². The highest BCUT2D eigenvalue weighted by atomic mass is 35.5. The van der Waals surface area contributed by atoms with Gasteiger partial charge in [0.15, 0.2) is 0 Å². The topological polar surface area (TPSA) is 24.7 Å². The fourth-order valence-electron chi connectivity index (χ4n) is 0.680. The lowest BCUT2D eigenvalue weighted by atomic mass is 10.2. The molecule has 0 aliphatic carbocycles. The van der Waals surface area contributed by atoms with Crippen LogP contribution in [-0.4, -0.2) is 11.5 Å². The van der Waals surface area contributed by atoms with Crippen molar-refractivity contribution in [3.63, 3.8) is 0 Å². The van der Waals surface area contributed by atoms with Gasteiger partial charge >= 0.3 is 0 Å². The number of azo groups is 1. The average Bonchev–Trinajstić information content (AvgIpc) is 1.77. The zero-order valence-electron chi connectivity index (χ0n) is 4.84. The zero-order chi connectivity index (χ0) is 5.98. The molecule has 2 unspecified atom stereocenters. The molecule has 2 nitrogen and oxygen atoms in total. The van der Waals surface area contributed by atoms with Crippen LogP contribution in [0.3, 0.4) is 0 Å². The van der Waals surface area contributed by atoms with E-state index >= 15 is 0 Å². The molecule has 0 fully saturated rings. The average molecular weight is 133 g/mol. The molecular weight excluding hydrogens is 124 g/mol. The Hall–Kier alpha value is -0.110. The quantitative estimate of drug-likeness (QED) is 0.357. The first-order chi connectivity index (χ1) is 3.79. The van der Waals surface area contributed by atoms with Crippen molar-refractivity contribution in [2.24, 2.45) is 10.2 Å². The Morgan fingerprint density at radius 3 is 2.50 bits per heavy atom. The standard InChI is InChI=1S/C5H9ClN2/c1-4-2-3-5(6)8-7-4/h4-5H,2-3H2,1H3. The first kappa shape index (κ1) is 6.02. The van der Waals surface area contributed by atoms with Crippen LogP contribution >= 0.6 is 11.6 Å². The summed E-state index contributed by atoms with van der Waals surface area (Å²) < 4.78 is 0. The summed E-state index contributed by atoms with van der Waals surface area (Å²) in [5.41, 5.74) is -0.0498. The summed E-state index contributed by atoms with van der Waals surface area (Å²) in [7, 11) is 0. The van der Waals surface area contributed by atoms with Crippen LogP contribution in [-0.2, 0) is 0 Å². The van der Waals surface area contributed by atoms with E-state index in [0.717, 1.165) is 12.8 Å². The Balaban J connectivity index is 2.42. The molecule has 1 heterocycles. The minimum absolute atomic E-state index is 0.0498. The van der Waals surface area contributed by atoms with Gasteiger partial charge in [-0.2, -0.15) is 10.2 Å². The second kappa shape index (κ2) is 2.44. The third-order valence-corrected chi connectivity index (χ3v) is 1.52. The Morgan fingerprint density at radius 1 is 1.38 bits per heavy atom. The van der Waals surface area contributed by atoms with Gasteiger partial charge in [-0.05, 0) is 19.8 Å². The van der Waals surface area contributed by atoms with Crippen molar-refractivity contribution in [1.29, 1.82) is 0 Å². The maximum Gasteiger partial charge on any atom is 0.144 e. The van der Waals surface area contributed by atoms with Crippen LogP contribution in [0, 0.1) is 0 Å². The molecule has 0 bridgehead atoms. The highest BCUT2D eigenvalue weighted by Gasteiger charge is 2.10. The molecule has 0 saturated heterocycles. The van der Waals surface area contributed by atoms with Crippen LogP contribution in [0.2, 0.25) is 0 Å². The Morgan fingerprint density at radius 2 is 2.12 bits per heavy atom. The SMILES string of the molecule is CC1CCC(Cl)N=N1. The Kier molecular flexibility index (Phi) is 1.84. The molecule has 1 aliphatic heterocycles. The van der Waals surface area contributed by atoms with Crippen molar-refractivity contribution in [1.82, 2.24) is 0 Å². The molecule has 2 atom stereocenters. The van der Waals surface area contributed by atoms with E-state index in [9.17, 15) is 0 Å². The predicted octanol–water partition coefficient (Wildman–Crippen LogP) is 2.19. The smallest absolute Gasteiger partial charge is 0.144 e. The van der Waals surface area contributed by atoms with Crippen LogP contribution in [0.1, 0.15) is 19.8 Å². The molecule has 0 aromatic carbocycles. The maximum absolute atomic E-state index is 5.62. The molecule has 0 aromatic heterocycles. The van der Waals surface area contributed by atoms with E-state index in [1.807, 2.05) is 6.92 Å². The van der Waals surface area contributed by atoms with Gasteiger partial charge in [0.25, 0.3) is 0 Å². The lowest BCUT2D eigenvalue weighted by Crippen LogP contribution is -2.08. The molecule has 0 spiro atoms. The molecule has 1 rings (SSSR count). The molecule has 0 saturated carbocycles. The Bertz CT molecular complexity index is 90.6. The molecule has 8 heavy (non-hydrogen) atoms. The largest absolute Gasteiger partial charge is 0.190 e. The minimum Gasteiger partial charge on any atom is -0.190 e. The molecule has 0 N–H and O–H groups in total. The van der Waals surface area contributed by atoms with Gasteiger partial charge in [0.05, 0.1) is 6.04 Å². The van der Waals surface area contributed by atoms with Gasteiger partial charge in [-0.25, -0.2) is 0 Å². The lowest BCUT2D eigenvalue weighted by Gasteiger charge is -2.11. The predicted molar refractivity (Wildman–Crippen MR) is 33.2 cm³/mol. The molecule has 46 valence electrons. The lowest BCUT2D eigenvalue weighted by molar-refractivity contribution is 0.519. The number of hydrogen-bond donors (Lipinski definition) is 0. The monoisotopic (exact) mass is 132 g/mol. The van der Waals surface area contributed by atoms with E-state index < -0.39 is 0 Å². The van der Waals surface area contributed by atoms with Crippen molar-refractivity contribution >= 4 is 11.6 Å². The molecule has 1 aliphatic rings. The van der Waals surface area contributed by atoms with E-state index in [1.54, 1.807) is 0 Å². The van der Waals surface area contributed by atoms with Gasteiger partial charge < -0.3 is 0 Å². The van der Waals surface area contributed by atoms with Crippen molar-refractivity contribution in [3.8, 4) is 0 Å². The van der Waals surface area contributed by atoms with E-state index in [-0.39, 0.29) is 5.50 Å². The molecular formula is C5H9ClN2. The van der Waals surface area contributed by atoms with Gasteiger partial charge in [0.1, 0.15) is 5.50 Å². The summed E-state index contributed by atoms with van der Waals surface area (Å²) in [5.74, 6) is 0. The van der Waals surface area contributed by atoms with Gasteiger partial charge in [-0.1, -0.05) is 11.6 Å². The van der Waals surface area contributed by atoms with Crippen molar-refractivity contribution in [2.75, 3.05) is 0 Å². The fourth-order valence-corrected chi connectivity index (χ4v) is 0.857. The van der Waals surface area contributed by atoms with Crippen molar-refractivity contribution in [2.45, 2.75) is 31.3 Å². The minimum atomic E-state index is -0.0498. The molecule has 0 aromatic rings. The number of halogens is 1. The van der Waals surface area contributed by atoms with Crippen LogP contribution in [0.4, 0.5) is 0 Å². The third-order valence-electron chi connectivity index (χ3n) is 1.21. The van der Waals surface area contributed by atoms with E-state index in [2.05, 4.69) is 10.2 Å². The third kappa shape index (κ3) is 1.44. The summed E-state index contributed by atoms with van der Waals surface area (Å²) >= 11 is 5.62. The molecule has 3 heteroatoms. The summed E-state index contributed by atoms with van der Waals surface area (Å²) in [4.78, 5) is 0. The number of rotatable bonds is 0. The number of hydrogen-bond acceptors (Lipinski definition) is 2. The molecule has 0 radical (unpaired) electrons. The first-order valence-corrected chi connectivity index (χ1v) is 3.26. The second-order valence-electron chi connectivity index (χ2n) is 2.09. The maximum atomic E-state index is 5.62. The fraction of sp³-hybridized carbons (Fsp3) is 1.00. The van der Waals surface area contributed by atoms with Gasteiger partial charge in [-0.3, -0.25) is 0 Å². The molecule has 0 amide bonds. The van der Waals surface area contributed by atoms with Crippen LogP contribution in [0.15, 0.2) is 10.2 Å². The summed E-state index contributed by atoms with van der Waals surface area (Å²) in [5, 5.41) is 7.71. The van der Waals surface area contributed by atoms with Gasteiger partial charge in [0, 0.05) is 0 Å². The van der Waals surface area contributed by atoms with E-state index in [0.29, 0.717) is 6.04 Å². The first-order valence-electron chi connectivity index (χ1n) is 2.83. The second-order valence-corrected chi connectivity index (χ2v) is 2.60. The Labute approximate surface area is 53.9 Å². The summed E-state index contributed by atoms with van der Waals surface area (Å²) in [6.07, 6.45) is 2.06. The highest BCUT2D eigenvalue weighted by molar-refractivity contribution is 6.20. The van der Waals surface area contributed by atoms with Crippen LogP contribution in [0.25, 0.3) is 0 Å². The highest BCUT2D eigenvalue weighted by Crippen LogP contribution is 2.17. The van der Waals surface area contributed by atoms with Crippen LogP contribution in [0.5, 0.6) is 0 Å². The van der Waals surface area contributed by atoms with Gasteiger partial charge in [-0.15, -0.1) is 0 Å². The number of nitrogens with zero attached hydrogens (tertiary/aromatic N) is 2. The van der Waals surface area contributed by atoms with E-state index in [4.69, 9.17) is 11.6 Å². The zero-order valence-corrected chi connectivity index (χ0v) is 5.60. The summed E-state index contributed by atoms with van der Waals surface area (Å²) in [6.45, 7) is 2.05. The van der Waals surface area contributed by atoms with E-state index in [1.165, 1.54) is 0 Å². The van der Waals surface area contributed by atoms with Crippen LogP contribution < -0.4 is 0 Å².